The molecule has 5 rings (SSSR count). The molecule has 10 heteroatoms. The van der Waals surface area contributed by atoms with E-state index in [0.717, 1.165) is 21.4 Å². The smallest absolute Gasteiger partial charge is 0.325 e. The van der Waals surface area contributed by atoms with E-state index in [1.807, 2.05) is 0 Å². The molecule has 0 radical (unpaired) electrons. The zero-order valence-electron chi connectivity index (χ0n) is 17.5. The van der Waals surface area contributed by atoms with Crippen LogP contribution in [0.3, 0.4) is 0 Å². The second kappa shape index (κ2) is 8.45. The number of hydrogen-bond donors (Lipinski definition) is 3. The molecule has 0 aliphatic carbocycles. The van der Waals surface area contributed by atoms with Gasteiger partial charge in [0.25, 0.3) is 5.91 Å². The highest BCUT2D eigenvalue weighted by Gasteiger charge is 2.39. The maximum atomic E-state index is 13.5. The summed E-state index contributed by atoms with van der Waals surface area (Å²) in [7, 11) is 0. The second-order valence-electron chi connectivity index (χ2n) is 7.92. The fourth-order valence-electron chi connectivity index (χ4n) is 4.04. The number of nitrogens with one attached hydrogen (secondary N) is 3. The number of halogens is 1. The van der Waals surface area contributed by atoms with Crippen molar-refractivity contribution in [1.29, 1.82) is 0 Å². The largest absolute Gasteiger partial charge is 0.454 e. The van der Waals surface area contributed by atoms with Gasteiger partial charge in [0.15, 0.2) is 11.5 Å². The van der Waals surface area contributed by atoms with E-state index in [1.54, 1.807) is 30.5 Å². The number of aromatic amines is 1. The number of amides is 4. The van der Waals surface area contributed by atoms with Gasteiger partial charge in [0.05, 0.1) is 13.0 Å². The van der Waals surface area contributed by atoms with Crippen molar-refractivity contribution in [3.05, 3.63) is 59.5 Å². The normalized spacial score (nSPS) is 17.0. The Balaban J connectivity index is 1.14. The molecule has 0 unspecified atom stereocenters. The molecular formula is C23H21FN4O5. The van der Waals surface area contributed by atoms with Crippen molar-refractivity contribution in [1.82, 2.24) is 20.5 Å². The number of carbonyl (C=O) groups excluding carboxylic acids is 3. The van der Waals surface area contributed by atoms with E-state index in [4.69, 9.17) is 9.47 Å². The van der Waals surface area contributed by atoms with Crippen LogP contribution in [0.5, 0.6) is 11.5 Å². The zero-order valence-corrected chi connectivity index (χ0v) is 17.5. The molecule has 3 heterocycles. The minimum atomic E-state index is -0.923. The topological polar surface area (TPSA) is 113 Å². The number of aromatic nitrogens is 1. The molecule has 3 aromatic rings. The van der Waals surface area contributed by atoms with Gasteiger partial charge in [0.1, 0.15) is 11.9 Å². The predicted molar refractivity (Wildman–Crippen MR) is 115 cm³/mol. The fourth-order valence-corrected chi connectivity index (χ4v) is 4.04. The van der Waals surface area contributed by atoms with Crippen molar-refractivity contribution in [2.45, 2.75) is 25.4 Å². The molecule has 1 aromatic heterocycles. The van der Waals surface area contributed by atoms with E-state index in [9.17, 15) is 18.8 Å². The van der Waals surface area contributed by atoms with E-state index in [-0.39, 0.29) is 31.5 Å². The van der Waals surface area contributed by atoms with Gasteiger partial charge < -0.3 is 25.1 Å². The summed E-state index contributed by atoms with van der Waals surface area (Å²) in [4.78, 5) is 41.5. The van der Waals surface area contributed by atoms with Crippen molar-refractivity contribution in [2.24, 2.45) is 0 Å². The van der Waals surface area contributed by atoms with Gasteiger partial charge in [-0.3, -0.25) is 14.5 Å². The summed E-state index contributed by atoms with van der Waals surface area (Å²) < 4.78 is 24.1. The molecule has 0 saturated carbocycles. The molecular weight excluding hydrogens is 431 g/mol. The minimum absolute atomic E-state index is 0.0660. The summed E-state index contributed by atoms with van der Waals surface area (Å²) in [6, 6.07) is 8.23. The lowest BCUT2D eigenvalue weighted by Crippen LogP contribution is -2.37. The van der Waals surface area contributed by atoms with E-state index in [0.29, 0.717) is 30.0 Å². The maximum Gasteiger partial charge on any atom is 0.325 e. The van der Waals surface area contributed by atoms with Crippen molar-refractivity contribution >= 4 is 28.7 Å². The van der Waals surface area contributed by atoms with Gasteiger partial charge in [-0.25, -0.2) is 9.18 Å². The maximum absolute atomic E-state index is 13.5. The van der Waals surface area contributed by atoms with Crippen LogP contribution in [0.1, 0.15) is 17.5 Å². The lowest BCUT2D eigenvalue weighted by Gasteiger charge is -2.13. The number of imide groups is 1. The summed E-state index contributed by atoms with van der Waals surface area (Å²) in [6.07, 6.45) is 2.12. The van der Waals surface area contributed by atoms with Crippen LogP contribution in [0, 0.1) is 5.82 Å². The molecule has 0 bridgehead atoms. The molecule has 9 nitrogen and oxygen atoms in total. The number of ether oxygens (including phenoxy) is 2. The van der Waals surface area contributed by atoms with Crippen LogP contribution >= 0.6 is 0 Å². The molecule has 2 aliphatic heterocycles. The highest BCUT2D eigenvalue weighted by molar-refractivity contribution is 6.05. The van der Waals surface area contributed by atoms with E-state index < -0.39 is 18.0 Å². The van der Waals surface area contributed by atoms with Crippen LogP contribution in [-0.4, -0.2) is 47.1 Å². The standard InChI is InChI=1S/C23H21FN4O5/c24-15-2-3-17-16(8-15)14(10-26-17)5-6-25-21(29)9-18-22(30)28(23(31)27-18)11-13-1-4-19-20(7-13)33-12-32-19/h1-4,7-8,10,18,26H,5-6,9,11-12H2,(H,25,29)(H,27,31)/t18-/m1/s1. The summed E-state index contributed by atoms with van der Waals surface area (Å²) in [5.74, 6) is 0.0365. The molecule has 33 heavy (non-hydrogen) atoms. The third-order valence-electron chi connectivity index (χ3n) is 5.72. The van der Waals surface area contributed by atoms with Crippen LogP contribution in [0.4, 0.5) is 9.18 Å². The monoisotopic (exact) mass is 452 g/mol. The van der Waals surface area contributed by atoms with Crippen LogP contribution in [-0.2, 0) is 22.6 Å². The number of hydrogen-bond acceptors (Lipinski definition) is 5. The first kappa shape index (κ1) is 20.8. The number of urea groups is 1. The van der Waals surface area contributed by atoms with Crippen molar-refractivity contribution < 1.29 is 28.2 Å². The molecule has 2 aromatic carbocycles. The van der Waals surface area contributed by atoms with Crippen LogP contribution in [0.2, 0.25) is 0 Å². The average Bonchev–Trinajstić information content (AvgIpc) is 3.48. The first-order valence-corrected chi connectivity index (χ1v) is 10.5. The van der Waals surface area contributed by atoms with Crippen molar-refractivity contribution in [3.63, 3.8) is 0 Å². The fraction of sp³-hybridized carbons (Fsp3) is 0.261. The quantitative estimate of drug-likeness (QED) is 0.476. The molecule has 0 spiro atoms. The number of nitrogens with zero attached hydrogens (tertiary/aromatic N) is 1. The lowest BCUT2D eigenvalue weighted by atomic mass is 10.1. The lowest BCUT2D eigenvalue weighted by molar-refractivity contribution is -0.131. The third-order valence-corrected chi connectivity index (χ3v) is 5.72. The highest BCUT2D eigenvalue weighted by Crippen LogP contribution is 2.33. The second-order valence-corrected chi connectivity index (χ2v) is 7.92. The van der Waals surface area contributed by atoms with E-state index >= 15 is 0 Å². The Bertz CT molecular complexity index is 1260. The van der Waals surface area contributed by atoms with Gasteiger partial charge >= 0.3 is 6.03 Å². The summed E-state index contributed by atoms with van der Waals surface area (Å²) in [5, 5.41) is 6.09. The van der Waals surface area contributed by atoms with Crippen molar-refractivity contribution in [2.75, 3.05) is 13.3 Å². The summed E-state index contributed by atoms with van der Waals surface area (Å²) >= 11 is 0. The number of benzene rings is 2. The van der Waals surface area contributed by atoms with Gasteiger partial charge in [-0.15, -0.1) is 0 Å². The van der Waals surface area contributed by atoms with Gasteiger partial charge in [-0.05, 0) is 47.9 Å². The first-order valence-electron chi connectivity index (χ1n) is 10.5. The van der Waals surface area contributed by atoms with Gasteiger partial charge in [-0.1, -0.05) is 6.07 Å². The highest BCUT2D eigenvalue weighted by atomic mass is 19.1. The number of fused-ring (bicyclic) bond motifs is 2. The van der Waals surface area contributed by atoms with Gasteiger partial charge in [0.2, 0.25) is 12.7 Å². The Morgan fingerprint density at radius 3 is 2.88 bits per heavy atom. The molecule has 4 amide bonds. The minimum Gasteiger partial charge on any atom is -0.454 e. The van der Waals surface area contributed by atoms with Gasteiger partial charge in [-0.2, -0.15) is 0 Å². The molecule has 1 saturated heterocycles. The molecule has 170 valence electrons. The SMILES string of the molecule is O=C(C[C@H]1NC(=O)N(Cc2ccc3c(c2)OCO3)C1=O)NCCc1c[nH]c2ccc(F)cc12. The zero-order chi connectivity index (χ0) is 22.9. The van der Waals surface area contributed by atoms with Crippen LogP contribution in [0.25, 0.3) is 10.9 Å². The Hall–Kier alpha value is -4.08. The number of rotatable bonds is 7. The van der Waals surface area contributed by atoms with Crippen molar-refractivity contribution in [3.8, 4) is 11.5 Å². The van der Waals surface area contributed by atoms with Crippen LogP contribution < -0.4 is 20.1 Å². The molecule has 1 fully saturated rings. The third kappa shape index (κ3) is 4.19. The molecule has 1 atom stereocenters. The van der Waals surface area contributed by atoms with E-state index in [1.165, 1.54) is 12.1 Å². The average molecular weight is 452 g/mol. The Kier molecular flexibility index (Phi) is 5.33. The molecule has 2 aliphatic rings. The number of H-pyrrole nitrogens is 1. The summed E-state index contributed by atoms with van der Waals surface area (Å²) in [5.41, 5.74) is 2.41. The predicted octanol–water partition coefficient (Wildman–Crippen LogP) is 2.21. The Morgan fingerprint density at radius 2 is 2.00 bits per heavy atom. The molecule has 3 N–H and O–H groups in total. The van der Waals surface area contributed by atoms with Gasteiger partial charge in [0, 0.05) is 23.6 Å². The Labute approximate surface area is 187 Å². The Morgan fingerprint density at radius 1 is 1.15 bits per heavy atom. The number of carbonyl (C=O) groups is 3. The van der Waals surface area contributed by atoms with Crippen LogP contribution in [0.15, 0.2) is 42.6 Å². The van der Waals surface area contributed by atoms with E-state index in [2.05, 4.69) is 15.6 Å². The first-order chi connectivity index (χ1) is 16.0. The summed E-state index contributed by atoms with van der Waals surface area (Å²) in [6.45, 7) is 0.519.